The summed E-state index contributed by atoms with van der Waals surface area (Å²) in [6.45, 7) is 1.91. The van der Waals surface area contributed by atoms with Crippen molar-refractivity contribution in [3.63, 3.8) is 0 Å². The van der Waals surface area contributed by atoms with Crippen molar-refractivity contribution in [1.82, 2.24) is 5.32 Å². The molecule has 0 fully saturated rings. The maximum atomic E-state index is 12.0. The summed E-state index contributed by atoms with van der Waals surface area (Å²) in [4.78, 5) is 12.0. The number of rotatable bonds is 4. The number of hydrogen-bond acceptors (Lipinski definition) is 4. The van der Waals surface area contributed by atoms with Crippen LogP contribution in [0.1, 0.15) is 22.8 Å². The Morgan fingerprint density at radius 1 is 1.32 bits per heavy atom. The molecule has 0 saturated carbocycles. The molecule has 1 heterocycles. The molecule has 1 aromatic carbocycles. The average Bonchev–Trinajstić information content (AvgIpc) is 2.80. The highest BCUT2D eigenvalue weighted by Gasteiger charge is 2.12. The number of phenolic OH excluding ortho intramolecular Hbond substituents is 2. The molecule has 4 nitrogen and oxygen atoms in total. The summed E-state index contributed by atoms with van der Waals surface area (Å²) in [6.07, 6.45) is 0.750. The molecule has 3 N–H and O–H groups in total. The Morgan fingerprint density at radius 3 is 2.58 bits per heavy atom. The molecule has 19 heavy (non-hydrogen) atoms. The molecule has 1 unspecified atom stereocenters. The third kappa shape index (κ3) is 3.72. The van der Waals surface area contributed by atoms with Gasteiger partial charge in [0, 0.05) is 17.7 Å². The zero-order valence-corrected chi connectivity index (χ0v) is 11.3. The van der Waals surface area contributed by atoms with Crippen molar-refractivity contribution >= 4 is 17.2 Å². The third-order valence-corrected chi connectivity index (χ3v) is 3.40. The first-order valence-electron chi connectivity index (χ1n) is 5.89. The molecule has 0 bridgehead atoms. The van der Waals surface area contributed by atoms with Crippen molar-refractivity contribution in [2.75, 3.05) is 0 Å². The van der Waals surface area contributed by atoms with E-state index in [0.29, 0.717) is 0 Å². The summed E-state index contributed by atoms with van der Waals surface area (Å²) < 4.78 is 0. The smallest absolute Gasteiger partial charge is 0.251 e. The number of nitrogens with one attached hydrogen (secondary N) is 1. The first kappa shape index (κ1) is 13.4. The molecule has 2 rings (SSSR count). The molecule has 1 aromatic heterocycles. The predicted octanol–water partition coefficient (Wildman–Crippen LogP) is 2.52. The second kappa shape index (κ2) is 5.75. The lowest BCUT2D eigenvalue weighted by Gasteiger charge is -2.13. The van der Waals surface area contributed by atoms with E-state index < -0.39 is 0 Å². The monoisotopic (exact) mass is 277 g/mol. The van der Waals surface area contributed by atoms with Gasteiger partial charge in [-0.25, -0.2) is 0 Å². The second-order valence-electron chi connectivity index (χ2n) is 4.45. The van der Waals surface area contributed by atoms with Crippen molar-refractivity contribution < 1.29 is 15.0 Å². The molecule has 5 heteroatoms. The second-order valence-corrected chi connectivity index (χ2v) is 5.23. The topological polar surface area (TPSA) is 69.6 Å². The van der Waals surface area contributed by atoms with E-state index in [0.717, 1.165) is 6.42 Å². The molecular formula is C14H15NO3S. The van der Waals surface area contributed by atoms with Crippen LogP contribution in [0.5, 0.6) is 11.5 Å². The van der Waals surface area contributed by atoms with E-state index in [9.17, 15) is 15.0 Å². The van der Waals surface area contributed by atoms with E-state index in [-0.39, 0.29) is 29.0 Å². The van der Waals surface area contributed by atoms with Crippen LogP contribution >= 0.6 is 11.3 Å². The van der Waals surface area contributed by atoms with Crippen LogP contribution in [0.2, 0.25) is 0 Å². The van der Waals surface area contributed by atoms with E-state index in [1.54, 1.807) is 11.3 Å². The van der Waals surface area contributed by atoms with Gasteiger partial charge in [0.15, 0.2) is 0 Å². The van der Waals surface area contributed by atoms with Crippen LogP contribution in [0.15, 0.2) is 35.0 Å². The van der Waals surface area contributed by atoms with Crippen molar-refractivity contribution in [3.8, 4) is 11.5 Å². The summed E-state index contributed by atoms with van der Waals surface area (Å²) in [7, 11) is 0. The normalized spacial score (nSPS) is 12.1. The fourth-order valence-corrected chi connectivity index (χ4v) is 2.53. The molecule has 1 amide bonds. The van der Waals surface area contributed by atoms with Gasteiger partial charge in [-0.05, 0) is 47.9 Å². The Labute approximate surface area is 115 Å². The summed E-state index contributed by atoms with van der Waals surface area (Å²) >= 11 is 1.62. The van der Waals surface area contributed by atoms with Crippen LogP contribution in [0.3, 0.4) is 0 Å². The van der Waals surface area contributed by atoms with Crippen LogP contribution in [-0.2, 0) is 6.42 Å². The number of hydrogen-bond donors (Lipinski definition) is 3. The quantitative estimate of drug-likeness (QED) is 0.804. The minimum absolute atomic E-state index is 0.0217. The Morgan fingerprint density at radius 2 is 2.00 bits per heavy atom. The van der Waals surface area contributed by atoms with E-state index in [2.05, 4.69) is 5.32 Å². The van der Waals surface area contributed by atoms with Crippen molar-refractivity contribution in [3.05, 3.63) is 46.2 Å². The first-order valence-corrected chi connectivity index (χ1v) is 6.84. The Hall–Kier alpha value is -2.01. The maximum absolute atomic E-state index is 12.0. The Balaban J connectivity index is 2.00. The lowest BCUT2D eigenvalue weighted by molar-refractivity contribution is 0.0939. The lowest BCUT2D eigenvalue weighted by Crippen LogP contribution is -2.33. The van der Waals surface area contributed by atoms with Crippen molar-refractivity contribution in [1.29, 1.82) is 0 Å². The fraction of sp³-hybridized carbons (Fsp3) is 0.214. The van der Waals surface area contributed by atoms with Gasteiger partial charge in [0.05, 0.1) is 0 Å². The number of amides is 1. The number of aromatic hydroxyl groups is 2. The summed E-state index contributed by atoms with van der Waals surface area (Å²) in [5.41, 5.74) is 1.42. The highest BCUT2D eigenvalue weighted by molar-refractivity contribution is 7.07. The molecule has 0 spiro atoms. The summed E-state index contributed by atoms with van der Waals surface area (Å²) in [6, 6.07) is 5.84. The standard InChI is InChI=1S/C14H15NO3S/c1-9(4-10-2-3-19-8-10)15-14(18)11-5-12(16)7-13(17)6-11/h2-3,5-9,16-17H,4H2,1H3,(H,15,18). The van der Waals surface area contributed by atoms with E-state index in [4.69, 9.17) is 0 Å². The van der Waals surface area contributed by atoms with Crippen LogP contribution in [0.4, 0.5) is 0 Å². The molecule has 0 aliphatic rings. The highest BCUT2D eigenvalue weighted by atomic mass is 32.1. The van der Waals surface area contributed by atoms with Gasteiger partial charge in [0.25, 0.3) is 5.91 Å². The summed E-state index contributed by atoms with van der Waals surface area (Å²) in [5.74, 6) is -0.569. The molecule has 100 valence electrons. The minimum Gasteiger partial charge on any atom is -0.508 e. The van der Waals surface area contributed by atoms with Crippen molar-refractivity contribution in [2.24, 2.45) is 0 Å². The van der Waals surface area contributed by atoms with Gasteiger partial charge in [-0.2, -0.15) is 11.3 Å². The largest absolute Gasteiger partial charge is 0.508 e. The van der Waals surface area contributed by atoms with Crippen LogP contribution in [-0.4, -0.2) is 22.2 Å². The number of benzene rings is 1. The van der Waals surface area contributed by atoms with Gasteiger partial charge in [0.1, 0.15) is 11.5 Å². The highest BCUT2D eigenvalue weighted by Crippen LogP contribution is 2.20. The SMILES string of the molecule is CC(Cc1ccsc1)NC(=O)c1cc(O)cc(O)c1. The average molecular weight is 277 g/mol. The minimum atomic E-state index is -0.311. The molecule has 0 radical (unpaired) electrons. The summed E-state index contributed by atoms with van der Waals surface area (Å²) in [5, 5.41) is 25.6. The van der Waals surface area contributed by atoms with Gasteiger partial charge >= 0.3 is 0 Å². The first-order chi connectivity index (χ1) is 9.04. The number of carbonyl (C=O) groups excluding carboxylic acids is 1. The van der Waals surface area contributed by atoms with E-state index >= 15 is 0 Å². The molecule has 0 aliphatic carbocycles. The van der Waals surface area contributed by atoms with Crippen molar-refractivity contribution in [2.45, 2.75) is 19.4 Å². The third-order valence-electron chi connectivity index (χ3n) is 2.66. The Kier molecular flexibility index (Phi) is 4.06. The zero-order valence-electron chi connectivity index (χ0n) is 10.5. The van der Waals surface area contributed by atoms with Gasteiger partial charge < -0.3 is 15.5 Å². The fourth-order valence-electron chi connectivity index (χ4n) is 1.85. The van der Waals surface area contributed by atoms with E-state index in [1.165, 1.54) is 23.8 Å². The van der Waals surface area contributed by atoms with Crippen LogP contribution in [0.25, 0.3) is 0 Å². The van der Waals surface area contributed by atoms with Gasteiger partial charge in [-0.3, -0.25) is 4.79 Å². The van der Waals surface area contributed by atoms with Gasteiger partial charge in [-0.1, -0.05) is 0 Å². The zero-order chi connectivity index (χ0) is 13.8. The van der Waals surface area contributed by atoms with E-state index in [1.807, 2.05) is 23.8 Å². The number of thiophene rings is 1. The molecule has 0 aliphatic heterocycles. The number of carbonyl (C=O) groups is 1. The molecule has 2 aromatic rings. The molecular weight excluding hydrogens is 262 g/mol. The van der Waals surface area contributed by atoms with Crippen LogP contribution in [0, 0.1) is 0 Å². The van der Waals surface area contributed by atoms with Gasteiger partial charge in [0.2, 0.25) is 0 Å². The Bertz CT molecular complexity index is 546. The maximum Gasteiger partial charge on any atom is 0.251 e. The van der Waals surface area contributed by atoms with Gasteiger partial charge in [-0.15, -0.1) is 0 Å². The lowest BCUT2D eigenvalue weighted by atomic mass is 10.1. The number of phenols is 2. The molecule has 1 atom stereocenters. The predicted molar refractivity (Wildman–Crippen MR) is 74.7 cm³/mol. The molecule has 0 saturated heterocycles. The van der Waals surface area contributed by atoms with Crippen LogP contribution < -0.4 is 5.32 Å².